The van der Waals surface area contributed by atoms with Crippen LogP contribution in [0.3, 0.4) is 0 Å². The first kappa shape index (κ1) is 17.4. The summed E-state index contributed by atoms with van der Waals surface area (Å²) in [5.41, 5.74) is 4.90. The first-order valence-corrected chi connectivity index (χ1v) is 7.71. The molecule has 0 saturated carbocycles. The highest BCUT2D eigenvalue weighted by molar-refractivity contribution is 5.84. The summed E-state index contributed by atoms with van der Waals surface area (Å²) in [4.78, 5) is 13.9. The molecule has 1 aliphatic rings. The van der Waals surface area contributed by atoms with E-state index in [2.05, 4.69) is 17.3 Å². The van der Waals surface area contributed by atoms with Gasteiger partial charge in [-0.05, 0) is 53.5 Å². The van der Waals surface area contributed by atoms with Gasteiger partial charge in [-0.3, -0.25) is 4.79 Å². The third kappa shape index (κ3) is 5.77. The first-order valence-electron chi connectivity index (χ1n) is 7.71. The molecule has 2 unspecified atom stereocenters. The van der Waals surface area contributed by atoms with Crippen LogP contribution >= 0.6 is 0 Å². The van der Waals surface area contributed by atoms with Gasteiger partial charge in [0.1, 0.15) is 0 Å². The molecule has 1 aliphatic heterocycles. The van der Waals surface area contributed by atoms with Crippen LogP contribution in [0.15, 0.2) is 0 Å². The number of rotatable bonds is 8. The maximum atomic E-state index is 11.7. The van der Waals surface area contributed by atoms with Crippen molar-refractivity contribution in [3.8, 4) is 0 Å². The molecular weight excluding hydrogens is 254 g/mol. The van der Waals surface area contributed by atoms with Gasteiger partial charge in [0.05, 0.1) is 11.6 Å². The van der Waals surface area contributed by atoms with E-state index in [4.69, 9.17) is 10.5 Å². The van der Waals surface area contributed by atoms with Crippen molar-refractivity contribution in [2.24, 2.45) is 5.73 Å². The average Bonchev–Trinajstić information content (AvgIpc) is 2.36. The molecule has 1 fully saturated rings. The number of amides is 1. The standard InChI is InChI=1S/C15H31N3O2/c1-12(2)17-15(3,14(16)19)8-9-18(4)11-13-7-5-6-10-20-13/h12-13,17H,5-11H2,1-4H3,(H2,16,19). The number of carbonyl (C=O) groups is 1. The van der Waals surface area contributed by atoms with Gasteiger partial charge in [-0.25, -0.2) is 0 Å². The largest absolute Gasteiger partial charge is 0.377 e. The molecule has 20 heavy (non-hydrogen) atoms. The average molecular weight is 285 g/mol. The smallest absolute Gasteiger partial charge is 0.237 e. The van der Waals surface area contributed by atoms with Crippen LogP contribution in [0.1, 0.15) is 46.5 Å². The number of likely N-dealkylation sites (N-methyl/N-ethyl adjacent to an activating group) is 1. The van der Waals surface area contributed by atoms with Crippen molar-refractivity contribution in [2.45, 2.75) is 64.1 Å². The van der Waals surface area contributed by atoms with E-state index in [1.807, 2.05) is 20.8 Å². The summed E-state index contributed by atoms with van der Waals surface area (Å²) in [6, 6.07) is 0.236. The Morgan fingerprint density at radius 2 is 2.20 bits per heavy atom. The normalized spacial score (nSPS) is 23.0. The minimum atomic E-state index is -0.643. The molecule has 0 aliphatic carbocycles. The van der Waals surface area contributed by atoms with E-state index in [1.54, 1.807) is 0 Å². The summed E-state index contributed by atoms with van der Waals surface area (Å²) in [6.45, 7) is 8.59. The fraction of sp³-hybridized carbons (Fsp3) is 0.933. The van der Waals surface area contributed by atoms with Crippen molar-refractivity contribution in [3.63, 3.8) is 0 Å². The van der Waals surface area contributed by atoms with E-state index in [0.717, 1.165) is 26.1 Å². The minimum Gasteiger partial charge on any atom is -0.377 e. The van der Waals surface area contributed by atoms with Crippen molar-refractivity contribution in [2.75, 3.05) is 26.7 Å². The fourth-order valence-corrected chi connectivity index (χ4v) is 2.71. The monoisotopic (exact) mass is 285 g/mol. The lowest BCUT2D eigenvalue weighted by molar-refractivity contribution is -0.124. The van der Waals surface area contributed by atoms with Crippen LogP contribution in [0.25, 0.3) is 0 Å². The molecule has 5 heteroatoms. The van der Waals surface area contributed by atoms with Gasteiger partial charge >= 0.3 is 0 Å². The van der Waals surface area contributed by atoms with Crippen molar-refractivity contribution < 1.29 is 9.53 Å². The molecule has 0 aromatic rings. The van der Waals surface area contributed by atoms with Crippen LogP contribution in [0.4, 0.5) is 0 Å². The van der Waals surface area contributed by atoms with Gasteiger partial charge < -0.3 is 20.7 Å². The third-order valence-electron chi connectivity index (χ3n) is 3.93. The molecule has 1 amide bonds. The Kier molecular flexibility index (Phi) is 6.92. The van der Waals surface area contributed by atoms with E-state index in [1.165, 1.54) is 12.8 Å². The lowest BCUT2D eigenvalue weighted by atomic mass is 9.95. The molecule has 0 aromatic heterocycles. The number of hydrogen-bond donors (Lipinski definition) is 2. The van der Waals surface area contributed by atoms with Gasteiger partial charge in [-0.1, -0.05) is 0 Å². The predicted octanol–water partition coefficient (Wildman–Crippen LogP) is 1.12. The molecular formula is C15H31N3O2. The molecule has 0 bridgehead atoms. The van der Waals surface area contributed by atoms with Gasteiger partial charge in [0.15, 0.2) is 0 Å². The number of carbonyl (C=O) groups excluding carboxylic acids is 1. The molecule has 5 nitrogen and oxygen atoms in total. The van der Waals surface area contributed by atoms with Crippen molar-refractivity contribution in [1.82, 2.24) is 10.2 Å². The molecule has 1 heterocycles. The van der Waals surface area contributed by atoms with Crippen LogP contribution in [0.5, 0.6) is 0 Å². The van der Waals surface area contributed by atoms with E-state index >= 15 is 0 Å². The summed E-state index contributed by atoms with van der Waals surface area (Å²) in [7, 11) is 2.08. The first-order chi connectivity index (χ1) is 9.33. The van der Waals surface area contributed by atoms with Crippen molar-refractivity contribution in [3.05, 3.63) is 0 Å². The van der Waals surface area contributed by atoms with E-state index in [-0.39, 0.29) is 11.9 Å². The lowest BCUT2D eigenvalue weighted by Crippen LogP contribution is -2.56. The number of ether oxygens (including phenoxy) is 1. The lowest BCUT2D eigenvalue weighted by Gasteiger charge is -2.33. The second-order valence-corrected chi connectivity index (χ2v) is 6.50. The third-order valence-corrected chi connectivity index (χ3v) is 3.93. The van der Waals surface area contributed by atoms with Crippen LogP contribution in [-0.2, 0) is 9.53 Å². The van der Waals surface area contributed by atoms with Gasteiger partial charge in [-0.2, -0.15) is 0 Å². The SMILES string of the molecule is CC(C)NC(C)(CCN(C)CC1CCCCO1)C(N)=O. The maximum Gasteiger partial charge on any atom is 0.237 e. The fourth-order valence-electron chi connectivity index (χ4n) is 2.71. The number of nitrogens with one attached hydrogen (secondary N) is 1. The Bertz CT molecular complexity index is 303. The summed E-state index contributed by atoms with van der Waals surface area (Å²) >= 11 is 0. The van der Waals surface area contributed by atoms with Crippen LogP contribution in [0, 0.1) is 0 Å². The van der Waals surface area contributed by atoms with Crippen molar-refractivity contribution >= 4 is 5.91 Å². The van der Waals surface area contributed by atoms with E-state index < -0.39 is 5.54 Å². The summed E-state index contributed by atoms with van der Waals surface area (Å²) < 4.78 is 5.74. The highest BCUT2D eigenvalue weighted by Gasteiger charge is 2.31. The molecule has 1 rings (SSSR count). The molecule has 1 saturated heterocycles. The topological polar surface area (TPSA) is 67.6 Å². The summed E-state index contributed by atoms with van der Waals surface area (Å²) in [5, 5.41) is 3.28. The number of nitrogens with zero attached hydrogens (tertiary/aromatic N) is 1. The predicted molar refractivity (Wildman–Crippen MR) is 81.6 cm³/mol. The molecule has 118 valence electrons. The summed E-state index contributed by atoms with van der Waals surface area (Å²) in [5.74, 6) is -0.284. The number of hydrogen-bond acceptors (Lipinski definition) is 4. The minimum absolute atomic E-state index is 0.236. The quantitative estimate of drug-likeness (QED) is 0.701. The molecule has 0 spiro atoms. The molecule has 3 N–H and O–H groups in total. The highest BCUT2D eigenvalue weighted by atomic mass is 16.5. The van der Waals surface area contributed by atoms with Crippen LogP contribution < -0.4 is 11.1 Å². The Hall–Kier alpha value is -0.650. The van der Waals surface area contributed by atoms with Crippen LogP contribution in [-0.4, -0.2) is 55.2 Å². The van der Waals surface area contributed by atoms with E-state index in [0.29, 0.717) is 12.5 Å². The van der Waals surface area contributed by atoms with Gasteiger partial charge in [0, 0.05) is 25.7 Å². The Morgan fingerprint density at radius 3 is 2.70 bits per heavy atom. The second kappa shape index (κ2) is 7.96. The van der Waals surface area contributed by atoms with Gasteiger partial charge in [-0.15, -0.1) is 0 Å². The van der Waals surface area contributed by atoms with Crippen molar-refractivity contribution in [1.29, 1.82) is 0 Å². The number of nitrogens with two attached hydrogens (primary N) is 1. The Labute approximate surface area is 123 Å². The highest BCUT2D eigenvalue weighted by Crippen LogP contribution is 2.15. The zero-order valence-corrected chi connectivity index (χ0v) is 13.4. The molecule has 0 radical (unpaired) electrons. The zero-order chi connectivity index (χ0) is 15.2. The van der Waals surface area contributed by atoms with Crippen LogP contribution in [0.2, 0.25) is 0 Å². The summed E-state index contributed by atoms with van der Waals surface area (Å²) in [6.07, 6.45) is 4.63. The van der Waals surface area contributed by atoms with Gasteiger partial charge in [0.25, 0.3) is 0 Å². The van der Waals surface area contributed by atoms with E-state index in [9.17, 15) is 4.79 Å². The molecule has 2 atom stereocenters. The van der Waals surface area contributed by atoms with Gasteiger partial charge in [0.2, 0.25) is 5.91 Å². The maximum absolute atomic E-state index is 11.7. The Balaban J connectivity index is 2.39. The molecule has 0 aromatic carbocycles. The zero-order valence-electron chi connectivity index (χ0n) is 13.4. The Morgan fingerprint density at radius 1 is 1.50 bits per heavy atom. The number of primary amides is 1. The second-order valence-electron chi connectivity index (χ2n) is 6.50.